The van der Waals surface area contributed by atoms with E-state index < -0.39 is 17.6 Å². The van der Waals surface area contributed by atoms with Crippen LogP contribution in [-0.4, -0.2) is 39.7 Å². The Labute approximate surface area is 130 Å². The normalized spacial score (nSPS) is 11.0. The van der Waals surface area contributed by atoms with Gasteiger partial charge in [-0.25, -0.2) is 14.2 Å². The molecule has 0 saturated carbocycles. The summed E-state index contributed by atoms with van der Waals surface area (Å²) in [4.78, 5) is 17.7. The second-order valence-corrected chi connectivity index (χ2v) is 4.85. The van der Waals surface area contributed by atoms with E-state index >= 15 is 0 Å². The highest BCUT2D eigenvalue weighted by Crippen LogP contribution is 2.24. The molecule has 0 radical (unpaired) electrons. The van der Waals surface area contributed by atoms with Crippen LogP contribution < -0.4 is 5.69 Å². The van der Waals surface area contributed by atoms with Gasteiger partial charge in [-0.2, -0.15) is 14.3 Å². The van der Waals surface area contributed by atoms with Gasteiger partial charge in [-0.15, -0.1) is 5.10 Å². The molecule has 120 valence electrons. The fraction of sp³-hybridized carbons (Fsp3) is 0.286. The fourth-order valence-corrected chi connectivity index (χ4v) is 1.88. The monoisotopic (exact) mass is 320 g/mol. The topological polar surface area (TPSA) is 79.2 Å². The number of nitriles is 1. The van der Waals surface area contributed by atoms with E-state index in [1.165, 1.54) is 12.4 Å². The quantitative estimate of drug-likeness (QED) is 0.630. The van der Waals surface area contributed by atoms with Crippen LogP contribution >= 0.6 is 0 Å². The molecule has 0 amide bonds. The zero-order chi connectivity index (χ0) is 17.1. The molecule has 9 heteroatoms. The van der Waals surface area contributed by atoms with Crippen molar-refractivity contribution in [2.45, 2.75) is 13.5 Å². The van der Waals surface area contributed by atoms with Crippen LogP contribution in [-0.2, 0) is 6.54 Å². The van der Waals surface area contributed by atoms with Gasteiger partial charge in [0.15, 0.2) is 5.82 Å². The van der Waals surface area contributed by atoms with Crippen molar-refractivity contribution in [3.05, 3.63) is 40.1 Å². The second kappa shape index (κ2) is 6.39. The minimum Gasteiger partial charge on any atom is -0.369 e. The summed E-state index contributed by atoms with van der Waals surface area (Å²) >= 11 is 0. The highest BCUT2D eigenvalue weighted by atomic mass is 19.1. The Hall–Kier alpha value is -3.02. The van der Waals surface area contributed by atoms with Gasteiger partial charge in [-0.05, 0) is 19.1 Å². The molecule has 1 aromatic carbocycles. The first-order chi connectivity index (χ1) is 10.9. The lowest BCUT2D eigenvalue weighted by Crippen LogP contribution is -2.24. The van der Waals surface area contributed by atoms with Crippen molar-refractivity contribution in [2.75, 3.05) is 14.1 Å². The van der Waals surface area contributed by atoms with E-state index in [-0.39, 0.29) is 23.5 Å². The molecule has 0 aliphatic heterocycles. The molecule has 0 N–H and O–H groups in total. The molecule has 2 aromatic rings. The highest BCUT2D eigenvalue weighted by molar-refractivity contribution is 5.67. The predicted molar refractivity (Wildman–Crippen MR) is 80.0 cm³/mol. The molecule has 0 unspecified atom stereocenters. The number of hydrogen-bond donors (Lipinski definition) is 0. The summed E-state index contributed by atoms with van der Waals surface area (Å²) in [7, 11) is 3.45. The Balaban J connectivity index is 2.67. The van der Waals surface area contributed by atoms with Crippen LogP contribution in [0.15, 0.2) is 21.9 Å². The number of halogens is 2. The van der Waals surface area contributed by atoms with E-state index in [1.54, 1.807) is 25.9 Å². The van der Waals surface area contributed by atoms with Crippen molar-refractivity contribution in [2.24, 2.45) is 4.99 Å². The summed E-state index contributed by atoms with van der Waals surface area (Å²) in [5.41, 5.74) is -0.939. The maximum absolute atomic E-state index is 14.2. The molecular formula is C14H14F2N6O. The molecule has 0 atom stereocenters. The SMILES string of the molecule is CCn1c(F)nn(-c2cc(N=CN(C)C)c(C#N)cc2F)c1=O. The molecule has 0 spiro atoms. The van der Waals surface area contributed by atoms with Crippen molar-refractivity contribution >= 4 is 12.0 Å². The van der Waals surface area contributed by atoms with Crippen LogP contribution in [0.2, 0.25) is 0 Å². The van der Waals surface area contributed by atoms with Crippen LogP contribution in [0, 0.1) is 23.2 Å². The van der Waals surface area contributed by atoms with Gasteiger partial charge in [0.25, 0.3) is 0 Å². The van der Waals surface area contributed by atoms with Gasteiger partial charge in [0.05, 0.1) is 17.6 Å². The molecule has 0 aliphatic carbocycles. The Morgan fingerprint density at radius 2 is 2.13 bits per heavy atom. The average molecular weight is 320 g/mol. The standard InChI is InChI=1S/C14H14F2N6O/c1-4-21-13(16)19-22(14(21)23)12-6-11(18-8-20(2)3)9(7-17)5-10(12)15/h5-6,8H,4H2,1-3H3. The van der Waals surface area contributed by atoms with E-state index in [1.807, 2.05) is 6.07 Å². The van der Waals surface area contributed by atoms with Crippen LogP contribution in [0.1, 0.15) is 12.5 Å². The maximum Gasteiger partial charge on any atom is 0.352 e. The Morgan fingerprint density at radius 1 is 1.43 bits per heavy atom. The van der Waals surface area contributed by atoms with E-state index in [9.17, 15) is 13.6 Å². The number of nitrogens with zero attached hydrogens (tertiary/aromatic N) is 6. The number of aliphatic imine (C=N–C) groups is 1. The van der Waals surface area contributed by atoms with E-state index in [4.69, 9.17) is 5.26 Å². The van der Waals surface area contributed by atoms with Crippen LogP contribution in [0.25, 0.3) is 5.69 Å². The minimum absolute atomic E-state index is 0.00667. The van der Waals surface area contributed by atoms with Gasteiger partial charge in [-0.3, -0.25) is 4.57 Å². The summed E-state index contributed by atoms with van der Waals surface area (Å²) in [6.45, 7) is 1.63. The summed E-state index contributed by atoms with van der Waals surface area (Å²) in [5, 5.41) is 12.5. The average Bonchev–Trinajstić information content (AvgIpc) is 2.79. The highest BCUT2D eigenvalue weighted by Gasteiger charge is 2.18. The largest absolute Gasteiger partial charge is 0.369 e. The van der Waals surface area contributed by atoms with E-state index in [0.29, 0.717) is 4.68 Å². The molecule has 0 bridgehead atoms. The Morgan fingerprint density at radius 3 is 2.65 bits per heavy atom. The minimum atomic E-state index is -1.01. The number of rotatable bonds is 4. The summed E-state index contributed by atoms with van der Waals surface area (Å²) in [5.74, 6) is -0.867. The van der Waals surface area contributed by atoms with Crippen molar-refractivity contribution in [3.8, 4) is 11.8 Å². The third kappa shape index (κ3) is 3.11. The number of hydrogen-bond acceptors (Lipinski definition) is 4. The second-order valence-electron chi connectivity index (χ2n) is 4.85. The predicted octanol–water partition coefficient (Wildman–Crippen LogP) is 1.43. The van der Waals surface area contributed by atoms with Crippen molar-refractivity contribution in [1.82, 2.24) is 19.2 Å². The van der Waals surface area contributed by atoms with Gasteiger partial charge < -0.3 is 4.90 Å². The molecule has 2 rings (SSSR count). The number of aromatic nitrogens is 3. The van der Waals surface area contributed by atoms with Crippen LogP contribution in [0.4, 0.5) is 14.5 Å². The summed E-state index contributed by atoms with van der Waals surface area (Å²) < 4.78 is 29.2. The Bertz CT molecular complexity index is 859. The lowest BCUT2D eigenvalue weighted by atomic mass is 10.1. The molecule has 0 saturated heterocycles. The smallest absolute Gasteiger partial charge is 0.352 e. The molecule has 23 heavy (non-hydrogen) atoms. The van der Waals surface area contributed by atoms with Gasteiger partial charge in [0.1, 0.15) is 11.8 Å². The molecular weight excluding hydrogens is 306 g/mol. The summed E-state index contributed by atoms with van der Waals surface area (Å²) in [6.07, 6.45) is 0.408. The Kier molecular flexibility index (Phi) is 4.55. The van der Waals surface area contributed by atoms with Gasteiger partial charge in [0, 0.05) is 20.6 Å². The molecule has 0 aliphatic rings. The maximum atomic E-state index is 14.2. The fourth-order valence-electron chi connectivity index (χ4n) is 1.88. The van der Waals surface area contributed by atoms with Gasteiger partial charge in [0.2, 0.25) is 0 Å². The van der Waals surface area contributed by atoms with Crippen LogP contribution in [0.5, 0.6) is 0 Å². The zero-order valence-corrected chi connectivity index (χ0v) is 12.8. The van der Waals surface area contributed by atoms with Gasteiger partial charge in [-0.1, -0.05) is 0 Å². The third-order valence-corrected chi connectivity index (χ3v) is 2.98. The van der Waals surface area contributed by atoms with Crippen molar-refractivity contribution < 1.29 is 8.78 Å². The van der Waals surface area contributed by atoms with Crippen molar-refractivity contribution in [3.63, 3.8) is 0 Å². The van der Waals surface area contributed by atoms with Crippen molar-refractivity contribution in [1.29, 1.82) is 5.26 Å². The first kappa shape index (κ1) is 16.4. The molecule has 1 heterocycles. The lowest BCUT2D eigenvalue weighted by Gasteiger charge is -2.07. The van der Waals surface area contributed by atoms with E-state index in [2.05, 4.69) is 10.1 Å². The molecule has 7 nitrogen and oxygen atoms in total. The van der Waals surface area contributed by atoms with E-state index in [0.717, 1.165) is 10.6 Å². The number of benzene rings is 1. The molecule has 0 fully saturated rings. The summed E-state index contributed by atoms with van der Waals surface area (Å²) in [6, 6.07) is 3.94. The molecule has 1 aromatic heterocycles. The zero-order valence-electron chi connectivity index (χ0n) is 12.8. The lowest BCUT2D eigenvalue weighted by molar-refractivity contribution is 0.469. The third-order valence-electron chi connectivity index (χ3n) is 2.98. The van der Waals surface area contributed by atoms with Crippen LogP contribution in [0.3, 0.4) is 0 Å². The first-order valence-electron chi connectivity index (χ1n) is 6.69. The van der Waals surface area contributed by atoms with Gasteiger partial charge >= 0.3 is 11.8 Å². The first-order valence-corrected chi connectivity index (χ1v) is 6.69.